The van der Waals surface area contributed by atoms with Gasteiger partial charge in [-0.1, -0.05) is 20.3 Å². The summed E-state index contributed by atoms with van der Waals surface area (Å²) in [6.45, 7) is 8.44. The highest BCUT2D eigenvalue weighted by Crippen LogP contribution is 2.33. The smallest absolute Gasteiger partial charge is 0.0767 e. The van der Waals surface area contributed by atoms with E-state index in [1.807, 2.05) is 0 Å². The average Bonchev–Trinajstić information content (AvgIpc) is 3.04. The van der Waals surface area contributed by atoms with Crippen molar-refractivity contribution < 1.29 is 0 Å². The van der Waals surface area contributed by atoms with E-state index < -0.39 is 0 Å². The number of hydrogen-bond acceptors (Lipinski definition) is 2. The second-order valence-electron chi connectivity index (χ2n) is 4.77. The van der Waals surface area contributed by atoms with Gasteiger partial charge in [0.25, 0.3) is 0 Å². The second-order valence-corrected chi connectivity index (χ2v) is 5.56. The molecule has 96 valence electrons. The average molecular weight is 300 g/mol. The molecule has 1 heterocycles. The van der Waals surface area contributed by atoms with Gasteiger partial charge in [-0.2, -0.15) is 5.10 Å². The lowest BCUT2D eigenvalue weighted by Crippen LogP contribution is -2.20. The Morgan fingerprint density at radius 2 is 2.18 bits per heavy atom. The molecule has 4 heteroatoms. The van der Waals surface area contributed by atoms with E-state index in [-0.39, 0.29) is 0 Å². The number of halogens is 1. The number of rotatable bonds is 6. The predicted molar refractivity (Wildman–Crippen MR) is 74.0 cm³/mol. The molecule has 1 aromatic rings. The quantitative estimate of drug-likeness (QED) is 0.875. The van der Waals surface area contributed by atoms with Crippen molar-refractivity contribution in [3.63, 3.8) is 0 Å². The largest absolute Gasteiger partial charge is 0.308 e. The van der Waals surface area contributed by atoms with Crippen LogP contribution >= 0.6 is 15.9 Å². The maximum absolute atomic E-state index is 4.61. The molecule has 2 rings (SSSR count). The minimum absolute atomic E-state index is 0.734. The van der Waals surface area contributed by atoms with Gasteiger partial charge < -0.3 is 5.32 Å². The van der Waals surface area contributed by atoms with Gasteiger partial charge in [0.2, 0.25) is 0 Å². The number of aryl methyl sites for hydroxylation is 2. The van der Waals surface area contributed by atoms with Crippen molar-refractivity contribution in [2.24, 2.45) is 5.92 Å². The molecule has 0 radical (unpaired) electrons. The Kier molecular flexibility index (Phi) is 4.26. The van der Waals surface area contributed by atoms with Crippen LogP contribution in [0.3, 0.4) is 0 Å². The molecule has 1 N–H and O–H groups in total. The second kappa shape index (κ2) is 5.53. The van der Waals surface area contributed by atoms with E-state index in [2.05, 4.69) is 51.8 Å². The standard InChI is InChI=1S/C13H22BrN3/c1-4-9-7-11(9)15-8-12-13(14)10(5-2)16-17(12)6-3/h9,11,15H,4-8H2,1-3H3. The van der Waals surface area contributed by atoms with Crippen LogP contribution < -0.4 is 5.32 Å². The zero-order valence-electron chi connectivity index (χ0n) is 11.0. The molecular weight excluding hydrogens is 278 g/mol. The fourth-order valence-electron chi connectivity index (χ4n) is 2.36. The first-order valence-electron chi connectivity index (χ1n) is 6.68. The van der Waals surface area contributed by atoms with Gasteiger partial charge in [-0.15, -0.1) is 0 Å². The van der Waals surface area contributed by atoms with Gasteiger partial charge in [-0.3, -0.25) is 4.68 Å². The lowest BCUT2D eigenvalue weighted by atomic mass is 10.3. The highest BCUT2D eigenvalue weighted by molar-refractivity contribution is 9.10. The first kappa shape index (κ1) is 13.1. The van der Waals surface area contributed by atoms with Crippen LogP contribution in [0.5, 0.6) is 0 Å². The van der Waals surface area contributed by atoms with Crippen LogP contribution in [-0.4, -0.2) is 15.8 Å². The predicted octanol–water partition coefficient (Wildman–Crippen LogP) is 3.12. The van der Waals surface area contributed by atoms with Gasteiger partial charge in [0, 0.05) is 19.1 Å². The van der Waals surface area contributed by atoms with Crippen LogP contribution in [-0.2, 0) is 19.5 Å². The molecule has 1 saturated carbocycles. The van der Waals surface area contributed by atoms with Crippen molar-refractivity contribution in [2.75, 3.05) is 0 Å². The first-order valence-corrected chi connectivity index (χ1v) is 7.47. The summed E-state index contributed by atoms with van der Waals surface area (Å²) in [6.07, 6.45) is 3.63. The fraction of sp³-hybridized carbons (Fsp3) is 0.769. The Hall–Kier alpha value is -0.350. The van der Waals surface area contributed by atoms with Crippen molar-refractivity contribution in [3.05, 3.63) is 15.9 Å². The molecule has 0 bridgehead atoms. The summed E-state index contributed by atoms with van der Waals surface area (Å²) in [5.74, 6) is 0.900. The van der Waals surface area contributed by atoms with E-state index in [9.17, 15) is 0 Å². The van der Waals surface area contributed by atoms with Crippen molar-refractivity contribution >= 4 is 15.9 Å². The molecule has 1 aliphatic rings. The van der Waals surface area contributed by atoms with E-state index in [1.54, 1.807) is 0 Å². The summed E-state index contributed by atoms with van der Waals surface area (Å²) in [6, 6.07) is 0.734. The summed E-state index contributed by atoms with van der Waals surface area (Å²) in [7, 11) is 0. The van der Waals surface area contributed by atoms with Crippen LogP contribution in [0.25, 0.3) is 0 Å². The van der Waals surface area contributed by atoms with Gasteiger partial charge in [0.15, 0.2) is 0 Å². The van der Waals surface area contributed by atoms with Crippen LogP contribution in [0.4, 0.5) is 0 Å². The van der Waals surface area contributed by atoms with Gasteiger partial charge in [0.05, 0.1) is 15.9 Å². The molecule has 0 saturated heterocycles. The lowest BCUT2D eigenvalue weighted by Gasteiger charge is -2.07. The van der Waals surface area contributed by atoms with Gasteiger partial charge in [-0.25, -0.2) is 0 Å². The zero-order valence-corrected chi connectivity index (χ0v) is 12.5. The molecule has 0 aromatic carbocycles. The molecule has 2 atom stereocenters. The number of aromatic nitrogens is 2. The zero-order chi connectivity index (χ0) is 12.4. The van der Waals surface area contributed by atoms with Crippen LogP contribution in [0.2, 0.25) is 0 Å². The van der Waals surface area contributed by atoms with Crippen LogP contribution in [0.15, 0.2) is 4.47 Å². The molecule has 1 fully saturated rings. The molecule has 2 unspecified atom stereocenters. The van der Waals surface area contributed by atoms with E-state index in [1.165, 1.54) is 28.7 Å². The van der Waals surface area contributed by atoms with Gasteiger partial charge in [-0.05, 0) is 41.6 Å². The number of nitrogens with one attached hydrogen (secondary N) is 1. The molecule has 0 amide bonds. The Labute approximate surface area is 112 Å². The summed E-state index contributed by atoms with van der Waals surface area (Å²) < 4.78 is 3.31. The highest BCUT2D eigenvalue weighted by atomic mass is 79.9. The molecular formula is C13H22BrN3. The molecule has 1 aliphatic carbocycles. The fourth-order valence-corrected chi connectivity index (χ4v) is 3.07. The molecule has 0 spiro atoms. The van der Waals surface area contributed by atoms with Crippen molar-refractivity contribution in [1.29, 1.82) is 0 Å². The Morgan fingerprint density at radius 1 is 1.41 bits per heavy atom. The molecule has 0 aliphatic heterocycles. The molecule has 17 heavy (non-hydrogen) atoms. The summed E-state index contributed by atoms with van der Waals surface area (Å²) in [5, 5.41) is 8.25. The first-order chi connectivity index (χ1) is 8.21. The maximum Gasteiger partial charge on any atom is 0.0767 e. The third kappa shape index (κ3) is 2.74. The van der Waals surface area contributed by atoms with E-state index in [0.29, 0.717) is 0 Å². The van der Waals surface area contributed by atoms with E-state index >= 15 is 0 Å². The topological polar surface area (TPSA) is 29.9 Å². The van der Waals surface area contributed by atoms with Crippen molar-refractivity contribution in [1.82, 2.24) is 15.1 Å². The van der Waals surface area contributed by atoms with Crippen LogP contribution in [0, 0.1) is 5.92 Å². The SMILES string of the molecule is CCc1nn(CC)c(CNC2CC2CC)c1Br. The van der Waals surface area contributed by atoms with Gasteiger partial charge in [0.1, 0.15) is 0 Å². The summed E-state index contributed by atoms with van der Waals surface area (Å²) in [5.41, 5.74) is 2.47. The normalized spacial score (nSPS) is 23.1. The van der Waals surface area contributed by atoms with Crippen molar-refractivity contribution in [3.8, 4) is 0 Å². The lowest BCUT2D eigenvalue weighted by molar-refractivity contribution is 0.559. The minimum Gasteiger partial charge on any atom is -0.308 e. The van der Waals surface area contributed by atoms with Crippen LogP contribution in [0.1, 0.15) is 45.0 Å². The Morgan fingerprint density at radius 3 is 2.71 bits per heavy atom. The summed E-state index contributed by atoms with van der Waals surface area (Å²) >= 11 is 3.68. The Balaban J connectivity index is 2.01. The molecule has 1 aromatic heterocycles. The summed E-state index contributed by atoms with van der Waals surface area (Å²) in [4.78, 5) is 0. The molecule has 3 nitrogen and oxygen atoms in total. The van der Waals surface area contributed by atoms with E-state index in [4.69, 9.17) is 0 Å². The van der Waals surface area contributed by atoms with E-state index in [0.717, 1.165) is 31.5 Å². The van der Waals surface area contributed by atoms with Gasteiger partial charge >= 0.3 is 0 Å². The van der Waals surface area contributed by atoms with Crippen molar-refractivity contribution in [2.45, 2.75) is 59.2 Å². The number of nitrogens with zero attached hydrogens (tertiary/aromatic N) is 2. The minimum atomic E-state index is 0.734. The maximum atomic E-state index is 4.61. The number of hydrogen-bond donors (Lipinski definition) is 1. The highest BCUT2D eigenvalue weighted by Gasteiger charge is 2.34. The monoisotopic (exact) mass is 299 g/mol. The third-order valence-electron chi connectivity index (χ3n) is 3.67. The third-order valence-corrected chi connectivity index (χ3v) is 4.59. The Bertz CT molecular complexity index is 386.